The van der Waals surface area contributed by atoms with E-state index in [-0.39, 0.29) is 5.56 Å². The Morgan fingerprint density at radius 1 is 1.27 bits per heavy atom. The van der Waals surface area contributed by atoms with Gasteiger partial charge in [-0.2, -0.15) is 0 Å². The van der Waals surface area contributed by atoms with Gasteiger partial charge in [0.2, 0.25) is 10.5 Å². The lowest BCUT2D eigenvalue weighted by Crippen LogP contribution is -2.24. The van der Waals surface area contributed by atoms with E-state index in [2.05, 4.69) is 4.90 Å². The maximum Gasteiger partial charge on any atom is 0.262 e. The number of fused-ring (bicyclic) bond motifs is 3. The van der Waals surface area contributed by atoms with Crippen molar-refractivity contribution in [2.24, 2.45) is 0 Å². The van der Waals surface area contributed by atoms with Crippen LogP contribution in [0.25, 0.3) is 16.7 Å². The third kappa shape index (κ3) is 4.08. The van der Waals surface area contributed by atoms with Crippen LogP contribution in [0.5, 0.6) is 0 Å². The molecule has 0 bridgehead atoms. The molecule has 3 aromatic heterocycles. The van der Waals surface area contributed by atoms with E-state index in [1.54, 1.807) is 27.7 Å². The summed E-state index contributed by atoms with van der Waals surface area (Å²) in [7, 11) is 3.66. The molecule has 0 N–H and O–H groups in total. The first-order valence-electron chi connectivity index (χ1n) is 9.52. The summed E-state index contributed by atoms with van der Waals surface area (Å²) in [6, 6.07) is 11.4. The van der Waals surface area contributed by atoms with Gasteiger partial charge in [0.1, 0.15) is 0 Å². The second kappa shape index (κ2) is 8.99. The molecule has 0 aliphatic heterocycles. The van der Waals surface area contributed by atoms with Gasteiger partial charge in [-0.1, -0.05) is 23.7 Å². The smallest absolute Gasteiger partial charge is 0.262 e. The Morgan fingerprint density at radius 3 is 2.80 bits per heavy atom. The molecule has 0 atom stereocenters. The van der Waals surface area contributed by atoms with Crippen LogP contribution in [-0.4, -0.2) is 44.4 Å². The zero-order valence-electron chi connectivity index (χ0n) is 16.7. The fraction of sp³-hybridized carbons (Fsp3) is 0.350. The lowest BCUT2D eigenvalue weighted by molar-refractivity contribution is 0.190. The highest BCUT2D eigenvalue weighted by molar-refractivity contribution is 7.71. The van der Waals surface area contributed by atoms with E-state index in [0.717, 1.165) is 16.4 Å². The van der Waals surface area contributed by atoms with Crippen molar-refractivity contribution in [1.82, 2.24) is 23.6 Å². The Bertz CT molecular complexity index is 1310. The molecule has 7 nitrogen and oxygen atoms in total. The fourth-order valence-corrected chi connectivity index (χ4v) is 4.96. The van der Waals surface area contributed by atoms with Gasteiger partial charge in [-0.05, 0) is 50.0 Å². The lowest BCUT2D eigenvalue weighted by Gasteiger charge is -2.14. The van der Waals surface area contributed by atoms with Crippen LogP contribution < -0.4 is 5.56 Å². The van der Waals surface area contributed by atoms with Crippen molar-refractivity contribution in [3.8, 4) is 0 Å². The monoisotopic (exact) mass is 463 g/mol. The molecule has 1 aromatic carbocycles. The first-order chi connectivity index (χ1) is 14.5. The number of benzene rings is 1. The average Bonchev–Trinajstić information content (AvgIpc) is 3.27. The molecule has 0 aliphatic rings. The van der Waals surface area contributed by atoms with Gasteiger partial charge in [0.05, 0.1) is 21.9 Å². The highest BCUT2D eigenvalue weighted by atomic mass is 35.5. The predicted molar refractivity (Wildman–Crippen MR) is 123 cm³/mol. The maximum absolute atomic E-state index is 13.1. The summed E-state index contributed by atoms with van der Waals surface area (Å²) in [5, 5.41) is 5.35. The third-order valence-electron chi connectivity index (χ3n) is 4.84. The number of hydrogen-bond acceptors (Lipinski definition) is 6. The Kier molecular flexibility index (Phi) is 6.35. The highest BCUT2D eigenvalue weighted by Gasteiger charge is 2.16. The second-order valence-corrected chi connectivity index (χ2v) is 9.26. The molecular formula is C20H22ClN5O2S2. The Hall–Kier alpha value is -2.04. The Labute approximate surface area is 187 Å². The van der Waals surface area contributed by atoms with E-state index < -0.39 is 0 Å². The van der Waals surface area contributed by atoms with E-state index in [1.807, 2.05) is 47.8 Å². The number of thiophene rings is 1. The molecule has 30 heavy (non-hydrogen) atoms. The zero-order chi connectivity index (χ0) is 21.3. The quantitative estimate of drug-likeness (QED) is 0.292. The first-order valence-corrected chi connectivity index (χ1v) is 11.1. The second-order valence-electron chi connectivity index (χ2n) is 7.10. The minimum Gasteiger partial charge on any atom is -0.385 e. The summed E-state index contributed by atoms with van der Waals surface area (Å²) in [5.41, 5.74) is 0.701. The topological polar surface area (TPSA) is 56.7 Å². The van der Waals surface area contributed by atoms with Gasteiger partial charge in [-0.15, -0.1) is 16.4 Å². The molecule has 0 fully saturated rings. The van der Waals surface area contributed by atoms with Crippen LogP contribution in [-0.2, 0) is 24.5 Å². The summed E-state index contributed by atoms with van der Waals surface area (Å²) >= 11 is 13.4. The predicted octanol–water partition coefficient (Wildman–Crippen LogP) is 4.02. The van der Waals surface area contributed by atoms with E-state index in [1.165, 1.54) is 4.88 Å². The van der Waals surface area contributed by atoms with Gasteiger partial charge < -0.3 is 4.74 Å². The number of aryl methyl sites for hydroxylation is 1. The molecule has 0 radical (unpaired) electrons. The number of aromatic nitrogens is 4. The van der Waals surface area contributed by atoms with Crippen LogP contribution in [0.15, 0.2) is 41.2 Å². The van der Waals surface area contributed by atoms with Crippen LogP contribution in [0.4, 0.5) is 0 Å². The fourth-order valence-electron chi connectivity index (χ4n) is 3.51. The van der Waals surface area contributed by atoms with Gasteiger partial charge in [0, 0.05) is 31.7 Å². The van der Waals surface area contributed by atoms with E-state index >= 15 is 0 Å². The molecule has 0 spiro atoms. The molecule has 0 aliphatic carbocycles. The molecule has 158 valence electrons. The summed E-state index contributed by atoms with van der Waals surface area (Å²) in [4.78, 5) is 16.4. The number of halogens is 1. The number of rotatable bonds is 8. The summed E-state index contributed by atoms with van der Waals surface area (Å²) in [6.45, 7) is 2.31. The molecule has 4 rings (SSSR count). The molecule has 3 heterocycles. The molecule has 0 saturated carbocycles. The number of para-hydroxylation sites is 1. The van der Waals surface area contributed by atoms with E-state index in [9.17, 15) is 4.79 Å². The number of nitrogens with zero attached hydrogens (tertiary/aromatic N) is 5. The third-order valence-corrected chi connectivity index (χ3v) is 6.45. The van der Waals surface area contributed by atoms with Gasteiger partial charge in [-0.25, -0.2) is 4.68 Å². The summed E-state index contributed by atoms with van der Waals surface area (Å²) in [6.07, 6.45) is 0.711. The standard InChI is InChI=1S/C20H22ClN5O2S2/c1-23(12-14-8-9-17(21)30-14)13-25-20(29)26-16-7-4-3-6-15(16)18(27)24(19(26)22-25)10-5-11-28-2/h3-4,6-9H,5,10-13H2,1-2H3. The van der Waals surface area contributed by atoms with Crippen molar-refractivity contribution in [3.63, 3.8) is 0 Å². The minimum atomic E-state index is -0.0667. The maximum atomic E-state index is 13.1. The van der Waals surface area contributed by atoms with Crippen molar-refractivity contribution in [2.45, 2.75) is 26.2 Å². The SMILES string of the molecule is COCCCn1c(=O)c2ccccc2n2c(=S)n(CN(C)Cc3ccc(Cl)s3)nc12. The first kappa shape index (κ1) is 21.2. The molecular weight excluding hydrogens is 442 g/mol. The summed E-state index contributed by atoms with van der Waals surface area (Å²) < 4.78 is 11.8. The van der Waals surface area contributed by atoms with Gasteiger partial charge in [-0.3, -0.25) is 18.7 Å². The molecule has 0 saturated heterocycles. The van der Waals surface area contributed by atoms with Crippen LogP contribution in [0.2, 0.25) is 4.34 Å². The highest BCUT2D eigenvalue weighted by Crippen LogP contribution is 2.22. The Morgan fingerprint density at radius 2 is 2.07 bits per heavy atom. The van der Waals surface area contributed by atoms with Crippen LogP contribution >= 0.6 is 35.2 Å². The molecule has 10 heteroatoms. The van der Waals surface area contributed by atoms with Crippen molar-refractivity contribution >= 4 is 51.8 Å². The van der Waals surface area contributed by atoms with Crippen LogP contribution in [0, 0.1) is 4.77 Å². The summed E-state index contributed by atoms with van der Waals surface area (Å²) in [5.74, 6) is 0.548. The molecule has 0 unspecified atom stereocenters. The van der Waals surface area contributed by atoms with E-state index in [0.29, 0.717) is 42.2 Å². The van der Waals surface area contributed by atoms with Gasteiger partial charge in [0.15, 0.2) is 0 Å². The normalized spacial score (nSPS) is 11.9. The van der Waals surface area contributed by atoms with E-state index in [4.69, 9.17) is 33.7 Å². The molecule has 0 amide bonds. The largest absolute Gasteiger partial charge is 0.385 e. The number of methoxy groups -OCH3 is 1. The zero-order valence-corrected chi connectivity index (χ0v) is 19.1. The van der Waals surface area contributed by atoms with Crippen molar-refractivity contribution < 1.29 is 4.74 Å². The Balaban J connectivity index is 1.77. The van der Waals surface area contributed by atoms with Crippen molar-refractivity contribution in [1.29, 1.82) is 0 Å². The van der Waals surface area contributed by atoms with Crippen LogP contribution in [0.3, 0.4) is 0 Å². The minimum absolute atomic E-state index is 0.0667. The lowest BCUT2D eigenvalue weighted by atomic mass is 10.2. The van der Waals surface area contributed by atoms with Crippen molar-refractivity contribution in [2.75, 3.05) is 20.8 Å². The average molecular weight is 464 g/mol. The number of hydrogen-bond donors (Lipinski definition) is 0. The number of ether oxygens (including phenoxy) is 1. The van der Waals surface area contributed by atoms with Crippen LogP contribution in [0.1, 0.15) is 11.3 Å². The van der Waals surface area contributed by atoms with Crippen molar-refractivity contribution in [3.05, 3.63) is 60.7 Å². The van der Waals surface area contributed by atoms with Gasteiger partial charge >= 0.3 is 0 Å². The van der Waals surface area contributed by atoms with Gasteiger partial charge in [0.25, 0.3) is 5.56 Å². The molecule has 4 aromatic rings.